The monoisotopic (exact) mass is 417 g/mol. The van der Waals surface area contributed by atoms with Crippen LogP contribution in [0.2, 0.25) is 0 Å². The Bertz CT molecular complexity index is 1130. The molecule has 0 radical (unpaired) electrons. The molecular formula is C23H23N5O3. The Morgan fingerprint density at radius 3 is 2.68 bits per heavy atom. The highest BCUT2D eigenvalue weighted by Gasteiger charge is 2.11. The Hall–Kier alpha value is -3.94. The van der Waals surface area contributed by atoms with Gasteiger partial charge in [-0.15, -0.1) is 0 Å². The minimum Gasteiger partial charge on any atom is -0.489 e. The number of nitrogens with one attached hydrogen (secondary N) is 1. The summed E-state index contributed by atoms with van der Waals surface area (Å²) >= 11 is 0. The third kappa shape index (κ3) is 4.98. The SMILES string of the molecule is Cc1noc(C)c1COc1ccc(CC(=O)NCc2cccnc2-n2cccn2)cc1. The van der Waals surface area contributed by atoms with Gasteiger partial charge < -0.3 is 14.6 Å². The molecule has 0 saturated heterocycles. The lowest BCUT2D eigenvalue weighted by Crippen LogP contribution is -2.25. The molecule has 0 aliphatic rings. The van der Waals surface area contributed by atoms with E-state index < -0.39 is 0 Å². The Morgan fingerprint density at radius 2 is 1.97 bits per heavy atom. The maximum absolute atomic E-state index is 12.4. The van der Waals surface area contributed by atoms with E-state index in [1.165, 1.54) is 0 Å². The standard InChI is InChI=1S/C23H23N5O3/c1-16-21(17(2)31-27-16)15-30-20-8-6-18(7-9-20)13-22(29)25-14-19-5-3-10-24-23(19)28-12-4-11-26-28/h3-12H,13-15H2,1-2H3,(H,25,29). The maximum atomic E-state index is 12.4. The first-order chi connectivity index (χ1) is 15.1. The largest absolute Gasteiger partial charge is 0.489 e. The number of benzene rings is 1. The lowest BCUT2D eigenvalue weighted by atomic mass is 10.1. The van der Waals surface area contributed by atoms with E-state index in [2.05, 4.69) is 20.6 Å². The third-order valence-electron chi connectivity index (χ3n) is 4.92. The number of carbonyl (C=O) groups is 1. The Labute approximate surface area is 179 Å². The lowest BCUT2D eigenvalue weighted by Gasteiger charge is -2.10. The van der Waals surface area contributed by atoms with Gasteiger partial charge in [-0.3, -0.25) is 4.79 Å². The van der Waals surface area contributed by atoms with Crippen LogP contribution in [-0.4, -0.2) is 25.8 Å². The lowest BCUT2D eigenvalue weighted by molar-refractivity contribution is -0.120. The summed E-state index contributed by atoms with van der Waals surface area (Å²) in [5, 5.41) is 11.1. The van der Waals surface area contributed by atoms with Crippen molar-refractivity contribution in [3.8, 4) is 11.6 Å². The molecule has 1 amide bonds. The summed E-state index contributed by atoms with van der Waals surface area (Å²) in [7, 11) is 0. The van der Waals surface area contributed by atoms with Crippen LogP contribution in [0.1, 0.15) is 28.1 Å². The minimum atomic E-state index is -0.0698. The van der Waals surface area contributed by atoms with Gasteiger partial charge in [-0.05, 0) is 43.7 Å². The normalized spacial score (nSPS) is 10.8. The molecule has 31 heavy (non-hydrogen) atoms. The van der Waals surface area contributed by atoms with E-state index in [9.17, 15) is 4.79 Å². The van der Waals surface area contributed by atoms with E-state index in [4.69, 9.17) is 9.26 Å². The van der Waals surface area contributed by atoms with E-state index in [0.717, 1.165) is 33.9 Å². The number of pyridine rings is 1. The van der Waals surface area contributed by atoms with Crippen LogP contribution < -0.4 is 10.1 Å². The predicted molar refractivity (Wildman–Crippen MR) is 114 cm³/mol. The van der Waals surface area contributed by atoms with Gasteiger partial charge in [-0.25, -0.2) is 9.67 Å². The second kappa shape index (κ2) is 9.25. The number of hydrogen-bond donors (Lipinski definition) is 1. The summed E-state index contributed by atoms with van der Waals surface area (Å²) in [6, 6.07) is 13.1. The van der Waals surface area contributed by atoms with Crippen molar-refractivity contribution < 1.29 is 14.1 Å². The summed E-state index contributed by atoms with van der Waals surface area (Å²) in [6.45, 7) is 4.52. The fourth-order valence-electron chi connectivity index (χ4n) is 3.18. The van der Waals surface area contributed by atoms with Crippen LogP contribution in [0.3, 0.4) is 0 Å². The number of aryl methyl sites for hydroxylation is 2. The Kier molecular flexibility index (Phi) is 6.07. The predicted octanol–water partition coefficient (Wildman–Crippen LogP) is 3.31. The van der Waals surface area contributed by atoms with Gasteiger partial charge in [0.05, 0.1) is 17.7 Å². The van der Waals surface area contributed by atoms with Crippen molar-refractivity contribution in [3.63, 3.8) is 0 Å². The summed E-state index contributed by atoms with van der Waals surface area (Å²) in [4.78, 5) is 16.8. The van der Waals surface area contributed by atoms with Gasteiger partial charge in [0.15, 0.2) is 5.82 Å². The molecule has 0 fully saturated rings. The molecule has 8 nitrogen and oxygen atoms in total. The summed E-state index contributed by atoms with van der Waals surface area (Å²) in [5.41, 5.74) is 3.58. The molecule has 0 aliphatic heterocycles. The number of carbonyl (C=O) groups excluding carboxylic acids is 1. The fourth-order valence-corrected chi connectivity index (χ4v) is 3.18. The zero-order valence-corrected chi connectivity index (χ0v) is 17.4. The number of aromatic nitrogens is 4. The first kappa shape index (κ1) is 20.3. The smallest absolute Gasteiger partial charge is 0.224 e. The topological polar surface area (TPSA) is 95.1 Å². The van der Waals surface area contributed by atoms with Crippen molar-refractivity contribution in [2.75, 3.05) is 0 Å². The molecule has 1 aromatic carbocycles. The molecule has 4 rings (SSSR count). The van der Waals surface area contributed by atoms with Crippen molar-refractivity contribution in [2.24, 2.45) is 0 Å². The van der Waals surface area contributed by atoms with Crippen LogP contribution >= 0.6 is 0 Å². The van der Waals surface area contributed by atoms with E-state index in [1.807, 2.05) is 62.5 Å². The zero-order chi connectivity index (χ0) is 21.6. The zero-order valence-electron chi connectivity index (χ0n) is 17.4. The second-order valence-corrected chi connectivity index (χ2v) is 7.13. The van der Waals surface area contributed by atoms with Crippen LogP contribution in [0.15, 0.2) is 65.6 Å². The van der Waals surface area contributed by atoms with Crippen LogP contribution in [0.4, 0.5) is 0 Å². The summed E-state index contributed by atoms with van der Waals surface area (Å²) in [6.07, 6.45) is 5.50. The second-order valence-electron chi connectivity index (χ2n) is 7.13. The minimum absolute atomic E-state index is 0.0698. The number of rotatable bonds is 8. The van der Waals surface area contributed by atoms with Gasteiger partial charge in [0.2, 0.25) is 5.91 Å². The molecule has 3 heterocycles. The first-order valence-electron chi connectivity index (χ1n) is 9.94. The van der Waals surface area contributed by atoms with E-state index in [-0.39, 0.29) is 12.3 Å². The van der Waals surface area contributed by atoms with Gasteiger partial charge in [0, 0.05) is 30.7 Å². The third-order valence-corrected chi connectivity index (χ3v) is 4.92. The number of hydrogen-bond acceptors (Lipinski definition) is 6. The van der Waals surface area contributed by atoms with Crippen molar-refractivity contribution in [2.45, 2.75) is 33.4 Å². The highest BCUT2D eigenvalue weighted by molar-refractivity contribution is 5.78. The van der Waals surface area contributed by atoms with Crippen molar-refractivity contribution in [1.29, 1.82) is 0 Å². The molecule has 1 N–H and O–H groups in total. The van der Waals surface area contributed by atoms with Crippen molar-refractivity contribution in [3.05, 3.63) is 89.2 Å². The average molecular weight is 417 g/mol. The Morgan fingerprint density at radius 1 is 1.13 bits per heavy atom. The van der Waals surface area contributed by atoms with Crippen molar-refractivity contribution >= 4 is 5.91 Å². The molecular weight excluding hydrogens is 394 g/mol. The fraction of sp³-hybridized carbons (Fsp3) is 0.217. The highest BCUT2D eigenvalue weighted by atomic mass is 16.5. The van der Waals surface area contributed by atoms with Gasteiger partial charge in [-0.2, -0.15) is 5.10 Å². The van der Waals surface area contributed by atoms with Gasteiger partial charge >= 0.3 is 0 Å². The van der Waals surface area contributed by atoms with Crippen LogP contribution in [0, 0.1) is 13.8 Å². The Balaban J connectivity index is 1.30. The molecule has 0 unspecified atom stereocenters. The molecule has 0 spiro atoms. The van der Waals surface area contributed by atoms with E-state index in [1.54, 1.807) is 17.1 Å². The molecule has 4 aromatic rings. The number of nitrogens with zero attached hydrogens (tertiary/aromatic N) is 4. The van der Waals surface area contributed by atoms with E-state index >= 15 is 0 Å². The molecule has 3 aromatic heterocycles. The summed E-state index contributed by atoms with van der Waals surface area (Å²) in [5.74, 6) is 2.12. The van der Waals surface area contributed by atoms with Crippen LogP contribution in [0.25, 0.3) is 5.82 Å². The van der Waals surface area contributed by atoms with Gasteiger partial charge in [0.1, 0.15) is 18.1 Å². The number of amides is 1. The molecule has 158 valence electrons. The quantitative estimate of drug-likeness (QED) is 0.473. The average Bonchev–Trinajstić information content (AvgIpc) is 3.42. The first-order valence-corrected chi connectivity index (χ1v) is 9.94. The van der Waals surface area contributed by atoms with Crippen molar-refractivity contribution in [1.82, 2.24) is 25.2 Å². The van der Waals surface area contributed by atoms with Gasteiger partial charge in [-0.1, -0.05) is 23.4 Å². The molecule has 0 bridgehead atoms. The molecule has 8 heteroatoms. The van der Waals surface area contributed by atoms with E-state index in [0.29, 0.717) is 19.0 Å². The highest BCUT2D eigenvalue weighted by Crippen LogP contribution is 2.18. The van der Waals surface area contributed by atoms with Gasteiger partial charge in [0.25, 0.3) is 0 Å². The van der Waals surface area contributed by atoms with Crippen LogP contribution in [-0.2, 0) is 24.4 Å². The molecule has 0 aliphatic carbocycles. The molecule has 0 atom stereocenters. The van der Waals surface area contributed by atoms with Crippen LogP contribution in [0.5, 0.6) is 5.75 Å². The summed E-state index contributed by atoms with van der Waals surface area (Å²) < 4.78 is 12.6. The maximum Gasteiger partial charge on any atom is 0.224 e. The number of ether oxygens (including phenoxy) is 1. The molecule has 0 saturated carbocycles.